The Kier molecular flexibility index (Phi) is 2.22. The average molecular weight is 215 g/mol. The maximum atomic E-state index is 11.4. The highest BCUT2D eigenvalue weighted by molar-refractivity contribution is 5.81. The Labute approximate surface area is 93.1 Å². The van der Waals surface area contributed by atoms with E-state index in [1.807, 2.05) is 24.5 Å². The minimum Gasteiger partial charge on any atom is -0.360 e. The molecule has 0 aliphatic carbocycles. The molecule has 4 heteroatoms. The van der Waals surface area contributed by atoms with Crippen molar-refractivity contribution in [2.75, 3.05) is 6.54 Å². The number of nitrogens with one attached hydrogen (secondary N) is 2. The number of nitrogens with zero attached hydrogens (tertiary/aromatic N) is 1. The Morgan fingerprint density at radius 3 is 3.25 bits per heavy atom. The molecule has 2 N–H and O–H groups in total. The largest absolute Gasteiger partial charge is 0.360 e. The minimum atomic E-state index is 0.0838. The molecule has 1 saturated heterocycles. The summed E-state index contributed by atoms with van der Waals surface area (Å²) in [7, 11) is 0. The second kappa shape index (κ2) is 3.72. The number of ketones is 1. The fourth-order valence-electron chi connectivity index (χ4n) is 2.16. The SMILES string of the molecule is O=C1CCNC(c2cc3cc[nH]c3cn2)C1. The Balaban J connectivity index is 1.95. The van der Waals surface area contributed by atoms with Gasteiger partial charge < -0.3 is 10.3 Å². The Bertz CT molecular complexity index is 532. The van der Waals surface area contributed by atoms with Crippen LogP contribution in [0.25, 0.3) is 10.9 Å². The lowest BCUT2D eigenvalue weighted by atomic mass is 10.00. The number of fused-ring (bicyclic) bond motifs is 1. The Morgan fingerprint density at radius 1 is 1.44 bits per heavy atom. The van der Waals surface area contributed by atoms with Gasteiger partial charge in [-0.1, -0.05) is 0 Å². The molecule has 16 heavy (non-hydrogen) atoms. The van der Waals surface area contributed by atoms with Crippen molar-refractivity contribution in [1.82, 2.24) is 15.3 Å². The fourth-order valence-corrected chi connectivity index (χ4v) is 2.16. The van der Waals surface area contributed by atoms with Gasteiger partial charge in [0.05, 0.1) is 23.4 Å². The number of carbonyl (C=O) groups excluding carboxylic acids is 1. The van der Waals surface area contributed by atoms with Gasteiger partial charge in [0.2, 0.25) is 0 Å². The second-order valence-corrected chi connectivity index (χ2v) is 4.17. The molecule has 1 aliphatic rings. The van der Waals surface area contributed by atoms with Crippen LogP contribution >= 0.6 is 0 Å². The molecule has 1 unspecified atom stereocenters. The third-order valence-corrected chi connectivity index (χ3v) is 3.04. The fraction of sp³-hybridized carbons (Fsp3) is 0.333. The average Bonchev–Trinajstić information content (AvgIpc) is 2.75. The van der Waals surface area contributed by atoms with Crippen LogP contribution in [0.1, 0.15) is 24.6 Å². The topological polar surface area (TPSA) is 57.8 Å². The van der Waals surface area contributed by atoms with Crippen LogP contribution in [0.5, 0.6) is 0 Å². The van der Waals surface area contributed by atoms with Crippen LogP contribution in [-0.4, -0.2) is 22.3 Å². The number of piperidine rings is 1. The smallest absolute Gasteiger partial charge is 0.136 e. The zero-order valence-corrected chi connectivity index (χ0v) is 8.86. The first-order valence-electron chi connectivity index (χ1n) is 5.51. The summed E-state index contributed by atoms with van der Waals surface area (Å²) in [6, 6.07) is 4.15. The van der Waals surface area contributed by atoms with Gasteiger partial charge in [0.15, 0.2) is 0 Å². The Hall–Kier alpha value is -1.68. The summed E-state index contributed by atoms with van der Waals surface area (Å²) in [4.78, 5) is 18.9. The third-order valence-electron chi connectivity index (χ3n) is 3.04. The van der Waals surface area contributed by atoms with E-state index in [1.54, 1.807) is 0 Å². The lowest BCUT2D eigenvalue weighted by Crippen LogP contribution is -2.32. The summed E-state index contributed by atoms with van der Waals surface area (Å²) < 4.78 is 0. The molecule has 0 amide bonds. The molecule has 0 bridgehead atoms. The van der Waals surface area contributed by atoms with Crippen LogP contribution in [0.2, 0.25) is 0 Å². The molecule has 3 rings (SSSR count). The first kappa shape index (κ1) is 9.54. The molecule has 1 fully saturated rings. The summed E-state index contributed by atoms with van der Waals surface area (Å²) in [5.74, 6) is 0.319. The number of H-pyrrole nitrogens is 1. The van der Waals surface area contributed by atoms with Crippen molar-refractivity contribution >= 4 is 16.7 Å². The number of hydrogen-bond acceptors (Lipinski definition) is 3. The molecular formula is C12H13N3O. The first-order chi connectivity index (χ1) is 7.83. The van der Waals surface area contributed by atoms with E-state index in [0.717, 1.165) is 23.1 Å². The molecule has 0 aromatic carbocycles. The molecule has 0 radical (unpaired) electrons. The van der Waals surface area contributed by atoms with Gasteiger partial charge in [-0.2, -0.15) is 0 Å². The van der Waals surface area contributed by atoms with E-state index in [4.69, 9.17) is 0 Å². The molecule has 1 atom stereocenters. The number of aromatic nitrogens is 2. The summed E-state index contributed by atoms with van der Waals surface area (Å²) in [6.07, 6.45) is 4.92. The molecule has 4 nitrogen and oxygen atoms in total. The van der Waals surface area contributed by atoms with Gasteiger partial charge in [0.25, 0.3) is 0 Å². The second-order valence-electron chi connectivity index (χ2n) is 4.17. The highest BCUT2D eigenvalue weighted by atomic mass is 16.1. The van der Waals surface area contributed by atoms with E-state index < -0.39 is 0 Å². The number of aromatic amines is 1. The van der Waals surface area contributed by atoms with Crippen LogP contribution in [0.3, 0.4) is 0 Å². The van der Waals surface area contributed by atoms with E-state index >= 15 is 0 Å². The van der Waals surface area contributed by atoms with Crippen molar-refractivity contribution < 1.29 is 4.79 Å². The molecule has 82 valence electrons. The quantitative estimate of drug-likeness (QED) is 0.759. The van der Waals surface area contributed by atoms with E-state index in [2.05, 4.69) is 15.3 Å². The lowest BCUT2D eigenvalue weighted by Gasteiger charge is -2.22. The molecule has 2 aromatic rings. The van der Waals surface area contributed by atoms with Gasteiger partial charge in [-0.25, -0.2) is 0 Å². The minimum absolute atomic E-state index is 0.0838. The number of pyridine rings is 1. The van der Waals surface area contributed by atoms with Crippen molar-refractivity contribution in [2.24, 2.45) is 0 Å². The monoisotopic (exact) mass is 215 g/mol. The molecule has 0 saturated carbocycles. The predicted molar refractivity (Wildman–Crippen MR) is 61.1 cm³/mol. The number of Topliss-reactive ketones (excluding diaryl/α,β-unsaturated/α-hetero) is 1. The van der Waals surface area contributed by atoms with Crippen LogP contribution in [-0.2, 0) is 4.79 Å². The maximum Gasteiger partial charge on any atom is 0.136 e. The van der Waals surface area contributed by atoms with Gasteiger partial charge in [-0.05, 0) is 12.1 Å². The summed E-state index contributed by atoms with van der Waals surface area (Å²) in [5, 5.41) is 4.47. The van der Waals surface area contributed by atoms with Crippen molar-refractivity contribution in [3.8, 4) is 0 Å². The van der Waals surface area contributed by atoms with Gasteiger partial charge in [-0.3, -0.25) is 9.78 Å². The maximum absolute atomic E-state index is 11.4. The Morgan fingerprint density at radius 2 is 2.38 bits per heavy atom. The standard InChI is InChI=1S/C12H13N3O/c16-9-2-4-13-11(6-9)10-5-8-1-3-14-12(8)7-15-10/h1,3,5,7,11,13-14H,2,4,6H2. The van der Waals surface area contributed by atoms with Crippen LogP contribution in [0.4, 0.5) is 0 Å². The van der Waals surface area contributed by atoms with E-state index in [0.29, 0.717) is 18.6 Å². The predicted octanol–water partition coefficient (Wildman–Crippen LogP) is 1.56. The summed E-state index contributed by atoms with van der Waals surface area (Å²) in [6.45, 7) is 0.760. The van der Waals surface area contributed by atoms with Gasteiger partial charge in [0, 0.05) is 31.0 Å². The molecule has 1 aliphatic heterocycles. The van der Waals surface area contributed by atoms with Crippen LogP contribution < -0.4 is 5.32 Å². The lowest BCUT2D eigenvalue weighted by molar-refractivity contribution is -0.120. The van der Waals surface area contributed by atoms with Crippen molar-refractivity contribution in [3.05, 3.63) is 30.2 Å². The molecule has 3 heterocycles. The van der Waals surface area contributed by atoms with E-state index in [-0.39, 0.29) is 6.04 Å². The molecule has 2 aromatic heterocycles. The van der Waals surface area contributed by atoms with Crippen molar-refractivity contribution in [1.29, 1.82) is 0 Å². The van der Waals surface area contributed by atoms with Crippen LogP contribution in [0, 0.1) is 0 Å². The van der Waals surface area contributed by atoms with Crippen molar-refractivity contribution in [3.63, 3.8) is 0 Å². The zero-order valence-electron chi connectivity index (χ0n) is 8.86. The van der Waals surface area contributed by atoms with Gasteiger partial charge in [0.1, 0.15) is 5.78 Å². The van der Waals surface area contributed by atoms with Crippen LogP contribution in [0.15, 0.2) is 24.5 Å². The van der Waals surface area contributed by atoms with Crippen molar-refractivity contribution in [2.45, 2.75) is 18.9 Å². The summed E-state index contributed by atoms with van der Waals surface area (Å²) >= 11 is 0. The number of hydrogen-bond donors (Lipinski definition) is 2. The summed E-state index contributed by atoms with van der Waals surface area (Å²) in [5.41, 5.74) is 1.99. The zero-order chi connectivity index (χ0) is 11.0. The van der Waals surface area contributed by atoms with E-state index in [1.165, 1.54) is 0 Å². The molecular weight excluding hydrogens is 202 g/mol. The highest BCUT2D eigenvalue weighted by Gasteiger charge is 2.21. The van der Waals surface area contributed by atoms with E-state index in [9.17, 15) is 4.79 Å². The third kappa shape index (κ3) is 1.61. The van der Waals surface area contributed by atoms with Gasteiger partial charge >= 0.3 is 0 Å². The normalized spacial score (nSPS) is 21.5. The number of carbonyl (C=O) groups is 1. The highest BCUT2D eigenvalue weighted by Crippen LogP contribution is 2.22. The number of rotatable bonds is 1. The first-order valence-corrected chi connectivity index (χ1v) is 5.51. The molecule has 0 spiro atoms. The van der Waals surface area contributed by atoms with Gasteiger partial charge in [-0.15, -0.1) is 0 Å².